The molecule has 6 heteroatoms. The fraction of sp³-hybridized carbons (Fsp3) is 0.174. The average molecular weight is 389 g/mol. The number of hydrogen-bond acceptors (Lipinski definition) is 4. The fourth-order valence-electron chi connectivity index (χ4n) is 2.92. The molecule has 0 heterocycles. The SMILES string of the molecule is CCOc1ccc2ccccc2c1/C=N/NC(=O)CNC(=O)Cc1ccccc1. The van der Waals surface area contributed by atoms with Crippen LogP contribution in [-0.4, -0.2) is 31.2 Å². The van der Waals surface area contributed by atoms with Gasteiger partial charge in [0.2, 0.25) is 5.91 Å². The zero-order valence-corrected chi connectivity index (χ0v) is 16.2. The first-order valence-electron chi connectivity index (χ1n) is 9.44. The Bertz CT molecular complexity index is 1020. The van der Waals surface area contributed by atoms with Crippen molar-refractivity contribution in [2.45, 2.75) is 13.3 Å². The number of carbonyl (C=O) groups is 2. The summed E-state index contributed by atoms with van der Waals surface area (Å²) in [6.07, 6.45) is 1.79. The standard InChI is InChI=1S/C23H23N3O3/c1-2-29-21-13-12-18-10-6-7-11-19(18)20(21)15-25-26-23(28)16-24-22(27)14-17-8-4-3-5-9-17/h3-13,15H,2,14,16H2,1H3,(H,24,27)(H,26,28)/b25-15+. The predicted molar refractivity (Wildman–Crippen MR) is 114 cm³/mol. The van der Waals surface area contributed by atoms with Crippen LogP contribution in [0, 0.1) is 0 Å². The van der Waals surface area contributed by atoms with E-state index in [0.29, 0.717) is 12.4 Å². The quantitative estimate of drug-likeness (QED) is 0.459. The summed E-state index contributed by atoms with van der Waals surface area (Å²) in [5, 5.41) is 8.66. The van der Waals surface area contributed by atoms with E-state index in [9.17, 15) is 9.59 Å². The second kappa shape index (κ2) is 10.0. The Hall–Kier alpha value is -3.67. The van der Waals surface area contributed by atoms with Gasteiger partial charge in [-0.25, -0.2) is 5.43 Å². The van der Waals surface area contributed by atoms with Gasteiger partial charge in [0.25, 0.3) is 5.91 Å². The summed E-state index contributed by atoms with van der Waals surface area (Å²) in [6, 6.07) is 21.1. The van der Waals surface area contributed by atoms with E-state index in [-0.39, 0.29) is 18.9 Å². The van der Waals surface area contributed by atoms with E-state index in [1.165, 1.54) is 0 Å². The van der Waals surface area contributed by atoms with Crippen molar-refractivity contribution < 1.29 is 14.3 Å². The van der Waals surface area contributed by atoms with Crippen LogP contribution in [-0.2, 0) is 16.0 Å². The van der Waals surface area contributed by atoms with Gasteiger partial charge in [0, 0.05) is 5.56 Å². The minimum absolute atomic E-state index is 0.142. The fourth-order valence-corrected chi connectivity index (χ4v) is 2.92. The average Bonchev–Trinajstić information content (AvgIpc) is 2.74. The first-order valence-corrected chi connectivity index (χ1v) is 9.44. The molecule has 0 atom stereocenters. The van der Waals surface area contributed by atoms with Gasteiger partial charge in [0.05, 0.1) is 25.8 Å². The maximum absolute atomic E-state index is 12.0. The highest BCUT2D eigenvalue weighted by Gasteiger charge is 2.08. The van der Waals surface area contributed by atoms with Crippen LogP contribution in [0.1, 0.15) is 18.1 Å². The zero-order chi connectivity index (χ0) is 20.5. The van der Waals surface area contributed by atoms with Gasteiger partial charge < -0.3 is 10.1 Å². The number of fused-ring (bicyclic) bond motifs is 1. The van der Waals surface area contributed by atoms with Crippen LogP contribution in [0.2, 0.25) is 0 Å². The molecule has 6 nitrogen and oxygen atoms in total. The first kappa shape index (κ1) is 20.1. The van der Waals surface area contributed by atoms with Crippen LogP contribution in [0.25, 0.3) is 10.8 Å². The van der Waals surface area contributed by atoms with E-state index >= 15 is 0 Å². The molecule has 0 saturated carbocycles. The summed E-state index contributed by atoms with van der Waals surface area (Å²) in [7, 11) is 0. The monoisotopic (exact) mass is 389 g/mol. The highest BCUT2D eigenvalue weighted by molar-refractivity contribution is 6.02. The number of rotatable bonds is 8. The van der Waals surface area contributed by atoms with E-state index < -0.39 is 5.91 Å². The smallest absolute Gasteiger partial charge is 0.259 e. The molecule has 148 valence electrons. The van der Waals surface area contributed by atoms with Crippen LogP contribution in [0.3, 0.4) is 0 Å². The Labute approximate surface area is 169 Å². The van der Waals surface area contributed by atoms with Gasteiger partial charge in [0.15, 0.2) is 0 Å². The lowest BCUT2D eigenvalue weighted by molar-refractivity contribution is -0.125. The molecule has 0 saturated heterocycles. The number of nitrogens with one attached hydrogen (secondary N) is 2. The summed E-state index contributed by atoms with van der Waals surface area (Å²) in [5.74, 6) is 0.0734. The van der Waals surface area contributed by atoms with Crippen molar-refractivity contribution in [3.05, 3.63) is 77.9 Å². The molecule has 0 spiro atoms. The summed E-state index contributed by atoms with van der Waals surface area (Å²) in [4.78, 5) is 23.9. The largest absolute Gasteiger partial charge is 0.493 e. The molecule has 29 heavy (non-hydrogen) atoms. The molecule has 0 aliphatic rings. The molecule has 0 fully saturated rings. The lowest BCUT2D eigenvalue weighted by Crippen LogP contribution is -2.35. The van der Waals surface area contributed by atoms with E-state index in [2.05, 4.69) is 15.8 Å². The van der Waals surface area contributed by atoms with Crippen molar-refractivity contribution in [2.24, 2.45) is 5.10 Å². The van der Waals surface area contributed by atoms with Crippen molar-refractivity contribution in [1.82, 2.24) is 10.7 Å². The highest BCUT2D eigenvalue weighted by Crippen LogP contribution is 2.26. The van der Waals surface area contributed by atoms with Crippen LogP contribution in [0.15, 0.2) is 71.8 Å². The number of carbonyl (C=O) groups excluding carboxylic acids is 2. The molecule has 3 aromatic carbocycles. The molecular formula is C23H23N3O3. The Morgan fingerprint density at radius 1 is 0.966 bits per heavy atom. The van der Waals surface area contributed by atoms with Crippen LogP contribution >= 0.6 is 0 Å². The van der Waals surface area contributed by atoms with Crippen LogP contribution in [0.4, 0.5) is 0 Å². The zero-order valence-electron chi connectivity index (χ0n) is 16.2. The number of amides is 2. The van der Waals surface area contributed by atoms with E-state index in [4.69, 9.17) is 4.74 Å². The van der Waals surface area contributed by atoms with E-state index in [1.54, 1.807) is 6.21 Å². The molecule has 0 aromatic heterocycles. The predicted octanol–water partition coefficient (Wildman–Crippen LogP) is 3.05. The number of hydrogen-bond donors (Lipinski definition) is 2. The lowest BCUT2D eigenvalue weighted by Gasteiger charge is -2.10. The Morgan fingerprint density at radius 2 is 1.72 bits per heavy atom. The van der Waals surface area contributed by atoms with Gasteiger partial charge in [-0.05, 0) is 29.3 Å². The van der Waals surface area contributed by atoms with Crippen LogP contribution in [0.5, 0.6) is 5.75 Å². The Balaban J connectivity index is 1.58. The molecule has 2 N–H and O–H groups in total. The maximum Gasteiger partial charge on any atom is 0.259 e. The van der Waals surface area contributed by atoms with Gasteiger partial charge in [0.1, 0.15) is 5.75 Å². The molecule has 0 radical (unpaired) electrons. The Morgan fingerprint density at radius 3 is 2.52 bits per heavy atom. The normalized spacial score (nSPS) is 10.8. The summed E-state index contributed by atoms with van der Waals surface area (Å²) < 4.78 is 5.68. The van der Waals surface area contributed by atoms with Gasteiger partial charge in [-0.2, -0.15) is 5.10 Å². The topological polar surface area (TPSA) is 79.8 Å². The second-order valence-electron chi connectivity index (χ2n) is 6.36. The molecular weight excluding hydrogens is 366 g/mol. The van der Waals surface area contributed by atoms with Gasteiger partial charge in [-0.15, -0.1) is 0 Å². The lowest BCUT2D eigenvalue weighted by atomic mass is 10.0. The van der Waals surface area contributed by atoms with Crippen molar-refractivity contribution >= 4 is 28.8 Å². The number of nitrogens with zero attached hydrogens (tertiary/aromatic N) is 1. The van der Waals surface area contributed by atoms with Gasteiger partial charge >= 0.3 is 0 Å². The van der Waals surface area contributed by atoms with Crippen molar-refractivity contribution in [2.75, 3.05) is 13.2 Å². The van der Waals surface area contributed by atoms with E-state index in [1.807, 2.05) is 73.7 Å². The highest BCUT2D eigenvalue weighted by atomic mass is 16.5. The third-order valence-corrected chi connectivity index (χ3v) is 4.27. The summed E-state index contributed by atoms with van der Waals surface area (Å²) in [6.45, 7) is 2.30. The molecule has 0 aliphatic carbocycles. The van der Waals surface area contributed by atoms with Gasteiger partial charge in [-0.3, -0.25) is 9.59 Å². The Kier molecular flexibility index (Phi) is 6.95. The van der Waals surface area contributed by atoms with Crippen molar-refractivity contribution in [3.63, 3.8) is 0 Å². The third-order valence-electron chi connectivity index (χ3n) is 4.27. The van der Waals surface area contributed by atoms with Crippen molar-refractivity contribution in [3.8, 4) is 5.75 Å². The second-order valence-corrected chi connectivity index (χ2v) is 6.36. The van der Waals surface area contributed by atoms with Crippen LogP contribution < -0.4 is 15.5 Å². The molecule has 0 aliphatic heterocycles. The number of hydrazone groups is 1. The summed E-state index contributed by atoms with van der Waals surface area (Å²) in [5.41, 5.74) is 4.13. The third kappa shape index (κ3) is 5.65. The molecule has 0 bridgehead atoms. The molecule has 0 unspecified atom stereocenters. The summed E-state index contributed by atoms with van der Waals surface area (Å²) >= 11 is 0. The first-order chi connectivity index (χ1) is 14.2. The van der Waals surface area contributed by atoms with Gasteiger partial charge in [-0.1, -0.05) is 60.7 Å². The molecule has 3 rings (SSSR count). The maximum atomic E-state index is 12.0. The molecule has 2 amide bonds. The van der Waals surface area contributed by atoms with E-state index in [0.717, 1.165) is 21.9 Å². The number of benzene rings is 3. The number of ether oxygens (including phenoxy) is 1. The van der Waals surface area contributed by atoms with Crippen molar-refractivity contribution in [1.29, 1.82) is 0 Å². The minimum Gasteiger partial charge on any atom is -0.493 e. The minimum atomic E-state index is -0.402. The molecule has 3 aromatic rings.